The van der Waals surface area contributed by atoms with E-state index < -0.39 is 0 Å². The quantitative estimate of drug-likeness (QED) is 0.502. The van der Waals surface area contributed by atoms with Crippen molar-refractivity contribution in [2.45, 2.75) is 50.5 Å². The summed E-state index contributed by atoms with van der Waals surface area (Å²) in [5, 5.41) is 0. The van der Waals surface area contributed by atoms with Crippen LogP contribution in [0.1, 0.15) is 44.9 Å². The summed E-state index contributed by atoms with van der Waals surface area (Å²) in [6.45, 7) is 4.79. The first kappa shape index (κ1) is 8.31. The minimum Gasteiger partial charge on any atom is -0.371 e. The molecule has 68 valence electrons. The van der Waals surface area contributed by atoms with Crippen LogP contribution in [0.25, 0.3) is 0 Å². The number of hydrogen-bond acceptors (Lipinski definition) is 1. The van der Waals surface area contributed by atoms with E-state index >= 15 is 0 Å². The van der Waals surface area contributed by atoms with Gasteiger partial charge in [0.2, 0.25) is 0 Å². The lowest BCUT2D eigenvalue weighted by molar-refractivity contribution is -0.0814. The zero-order valence-electron chi connectivity index (χ0n) is 7.77. The van der Waals surface area contributed by atoms with E-state index in [1.54, 1.807) is 0 Å². The number of rotatable bonds is 0. The predicted octanol–water partition coefficient (Wildman–Crippen LogP) is 3.06. The molecule has 0 aromatic heterocycles. The van der Waals surface area contributed by atoms with Gasteiger partial charge < -0.3 is 4.74 Å². The van der Waals surface area contributed by atoms with E-state index in [1.807, 2.05) is 0 Å². The van der Waals surface area contributed by atoms with Crippen LogP contribution in [0.3, 0.4) is 0 Å². The van der Waals surface area contributed by atoms with Crippen molar-refractivity contribution in [2.75, 3.05) is 6.61 Å². The molecular formula is C11H18O. The molecule has 0 N–H and O–H groups in total. The second kappa shape index (κ2) is 3.21. The summed E-state index contributed by atoms with van der Waals surface area (Å²) >= 11 is 0. The summed E-state index contributed by atoms with van der Waals surface area (Å²) in [4.78, 5) is 0. The monoisotopic (exact) mass is 166 g/mol. The van der Waals surface area contributed by atoms with E-state index in [9.17, 15) is 0 Å². The summed E-state index contributed by atoms with van der Waals surface area (Å²) in [6.07, 6.45) is 9.15. The molecular weight excluding hydrogens is 148 g/mol. The van der Waals surface area contributed by atoms with Gasteiger partial charge in [-0.1, -0.05) is 31.4 Å². The smallest absolute Gasteiger partial charge is 0.0690 e. The van der Waals surface area contributed by atoms with Crippen molar-refractivity contribution in [3.63, 3.8) is 0 Å². The van der Waals surface area contributed by atoms with Crippen molar-refractivity contribution in [2.24, 2.45) is 0 Å². The fourth-order valence-electron chi connectivity index (χ4n) is 2.39. The summed E-state index contributed by atoms with van der Waals surface area (Å²) in [5.41, 5.74) is 1.56. The molecule has 1 spiro atoms. The highest BCUT2D eigenvalue weighted by Gasteiger charge is 2.35. The Balaban J connectivity index is 1.96. The normalized spacial score (nSPS) is 29.2. The van der Waals surface area contributed by atoms with Crippen LogP contribution in [-0.2, 0) is 4.74 Å². The minimum absolute atomic E-state index is 0.277. The van der Waals surface area contributed by atoms with Gasteiger partial charge in [0.1, 0.15) is 0 Å². The first-order chi connectivity index (χ1) is 5.81. The molecule has 1 aliphatic heterocycles. The Hall–Kier alpha value is -0.300. The van der Waals surface area contributed by atoms with Crippen LogP contribution in [0.5, 0.6) is 0 Å². The second-order valence-electron chi connectivity index (χ2n) is 4.28. The lowest BCUT2D eigenvalue weighted by Crippen LogP contribution is -2.38. The maximum absolute atomic E-state index is 5.92. The topological polar surface area (TPSA) is 9.23 Å². The van der Waals surface area contributed by atoms with Crippen molar-refractivity contribution in [1.29, 1.82) is 0 Å². The largest absolute Gasteiger partial charge is 0.371 e. The number of ether oxygens (including phenoxy) is 1. The van der Waals surface area contributed by atoms with Gasteiger partial charge in [-0.15, -0.1) is 0 Å². The third-order valence-electron chi connectivity index (χ3n) is 3.28. The van der Waals surface area contributed by atoms with Gasteiger partial charge in [0.15, 0.2) is 0 Å². The van der Waals surface area contributed by atoms with E-state index in [-0.39, 0.29) is 5.60 Å². The van der Waals surface area contributed by atoms with Crippen molar-refractivity contribution in [3.05, 3.63) is 12.2 Å². The van der Waals surface area contributed by atoms with Crippen LogP contribution in [-0.4, -0.2) is 12.2 Å². The molecule has 12 heavy (non-hydrogen) atoms. The Kier molecular flexibility index (Phi) is 2.22. The molecule has 0 radical (unpaired) electrons. The van der Waals surface area contributed by atoms with Gasteiger partial charge in [0.25, 0.3) is 0 Å². The Morgan fingerprint density at radius 2 is 1.83 bits per heavy atom. The average Bonchev–Trinajstić information content (AvgIpc) is 2.13. The molecule has 1 nitrogen and oxygen atoms in total. The van der Waals surface area contributed by atoms with Crippen LogP contribution in [0.4, 0.5) is 0 Å². The molecule has 0 bridgehead atoms. The zero-order valence-corrected chi connectivity index (χ0v) is 7.77. The highest BCUT2D eigenvalue weighted by Crippen LogP contribution is 2.39. The van der Waals surface area contributed by atoms with Crippen LogP contribution >= 0.6 is 0 Å². The highest BCUT2D eigenvalue weighted by atomic mass is 16.5. The maximum Gasteiger partial charge on any atom is 0.0690 e. The molecule has 1 heteroatoms. The molecule has 0 unspecified atom stereocenters. The molecule has 0 aromatic carbocycles. The molecule has 1 saturated carbocycles. The summed E-state index contributed by atoms with van der Waals surface area (Å²) < 4.78 is 5.92. The average molecular weight is 166 g/mol. The standard InChI is InChI=1S/C11H18O/c1-10-5-8-11(12-9-10)6-3-2-4-7-11/h1-9H2. The minimum atomic E-state index is 0.277. The summed E-state index contributed by atoms with van der Waals surface area (Å²) in [5.74, 6) is 0. The fourth-order valence-corrected chi connectivity index (χ4v) is 2.39. The molecule has 1 heterocycles. The molecule has 2 fully saturated rings. The number of hydrogen-bond donors (Lipinski definition) is 0. The van der Waals surface area contributed by atoms with Crippen molar-refractivity contribution >= 4 is 0 Å². The molecule has 0 amide bonds. The van der Waals surface area contributed by atoms with E-state index in [4.69, 9.17) is 4.74 Å². The molecule has 2 rings (SSSR count). The van der Waals surface area contributed by atoms with Gasteiger partial charge in [-0.05, 0) is 25.7 Å². The Morgan fingerprint density at radius 1 is 1.08 bits per heavy atom. The lowest BCUT2D eigenvalue weighted by atomic mass is 9.79. The first-order valence-electron chi connectivity index (χ1n) is 5.11. The summed E-state index contributed by atoms with van der Waals surface area (Å²) in [7, 11) is 0. The van der Waals surface area contributed by atoms with Gasteiger partial charge in [-0.2, -0.15) is 0 Å². The SMILES string of the molecule is C=C1CCC2(CCCCC2)OC1. The van der Waals surface area contributed by atoms with Gasteiger partial charge in [-0.25, -0.2) is 0 Å². The van der Waals surface area contributed by atoms with Crippen molar-refractivity contribution in [1.82, 2.24) is 0 Å². The Bertz CT molecular complexity index is 165. The third-order valence-corrected chi connectivity index (χ3v) is 3.28. The first-order valence-corrected chi connectivity index (χ1v) is 5.11. The fraction of sp³-hybridized carbons (Fsp3) is 0.818. The van der Waals surface area contributed by atoms with Crippen molar-refractivity contribution < 1.29 is 4.74 Å². The van der Waals surface area contributed by atoms with Gasteiger partial charge in [-0.3, -0.25) is 0 Å². The predicted molar refractivity (Wildman–Crippen MR) is 50.1 cm³/mol. The second-order valence-corrected chi connectivity index (χ2v) is 4.28. The van der Waals surface area contributed by atoms with Crippen LogP contribution in [0.15, 0.2) is 12.2 Å². The lowest BCUT2D eigenvalue weighted by Gasteiger charge is -2.40. The van der Waals surface area contributed by atoms with Crippen LogP contribution < -0.4 is 0 Å². The van der Waals surface area contributed by atoms with E-state index in [0.29, 0.717) is 0 Å². The van der Waals surface area contributed by atoms with E-state index in [1.165, 1.54) is 50.5 Å². The Labute approximate surface area is 74.8 Å². The van der Waals surface area contributed by atoms with Crippen LogP contribution in [0, 0.1) is 0 Å². The highest BCUT2D eigenvalue weighted by molar-refractivity contribution is 5.02. The van der Waals surface area contributed by atoms with E-state index in [0.717, 1.165) is 6.61 Å². The molecule has 1 saturated heterocycles. The molecule has 2 aliphatic rings. The van der Waals surface area contributed by atoms with Crippen LogP contribution in [0.2, 0.25) is 0 Å². The van der Waals surface area contributed by atoms with Gasteiger partial charge in [0.05, 0.1) is 12.2 Å². The van der Waals surface area contributed by atoms with Crippen molar-refractivity contribution in [3.8, 4) is 0 Å². The summed E-state index contributed by atoms with van der Waals surface area (Å²) in [6, 6.07) is 0. The van der Waals surface area contributed by atoms with Gasteiger partial charge in [0, 0.05) is 0 Å². The maximum atomic E-state index is 5.92. The molecule has 0 aromatic rings. The molecule has 0 atom stereocenters. The van der Waals surface area contributed by atoms with Gasteiger partial charge >= 0.3 is 0 Å². The third kappa shape index (κ3) is 1.56. The zero-order chi connectivity index (χ0) is 8.44. The molecule has 1 aliphatic carbocycles. The van der Waals surface area contributed by atoms with E-state index in [2.05, 4.69) is 6.58 Å². The Morgan fingerprint density at radius 3 is 2.42 bits per heavy atom.